The SMILES string of the molecule is CC(C)c1ccccc1O[C@@H](C)C(=O)N[C@@H](C)c1ccc2c(c1)CCCC2. The van der Waals surface area contributed by atoms with Crippen LogP contribution in [0.2, 0.25) is 0 Å². The molecule has 0 aliphatic heterocycles. The van der Waals surface area contributed by atoms with Gasteiger partial charge in [-0.2, -0.15) is 0 Å². The quantitative estimate of drug-likeness (QED) is 0.751. The second-order valence-electron chi connectivity index (χ2n) is 7.92. The predicted octanol–water partition coefficient (Wildman–Crippen LogP) is 5.33. The summed E-state index contributed by atoms with van der Waals surface area (Å²) < 4.78 is 5.98. The van der Waals surface area contributed by atoms with E-state index in [1.54, 1.807) is 0 Å². The second-order valence-corrected chi connectivity index (χ2v) is 7.92. The van der Waals surface area contributed by atoms with E-state index in [0.717, 1.165) is 17.7 Å². The van der Waals surface area contributed by atoms with Crippen LogP contribution in [0.5, 0.6) is 5.75 Å². The maximum absolute atomic E-state index is 12.7. The van der Waals surface area contributed by atoms with Crippen molar-refractivity contribution in [1.82, 2.24) is 5.32 Å². The Bertz CT molecular complexity index is 797. The Labute approximate surface area is 163 Å². The molecule has 0 fully saturated rings. The first-order valence-corrected chi connectivity index (χ1v) is 10.1. The third kappa shape index (κ3) is 4.71. The first-order chi connectivity index (χ1) is 13.0. The number of amides is 1. The minimum Gasteiger partial charge on any atom is -0.481 e. The summed E-state index contributed by atoms with van der Waals surface area (Å²) in [4.78, 5) is 12.7. The average molecular weight is 366 g/mol. The molecule has 2 atom stereocenters. The number of nitrogens with one attached hydrogen (secondary N) is 1. The Kier molecular flexibility index (Phi) is 6.20. The molecule has 0 saturated heterocycles. The molecule has 1 amide bonds. The van der Waals surface area contributed by atoms with Crippen LogP contribution in [0.15, 0.2) is 42.5 Å². The smallest absolute Gasteiger partial charge is 0.261 e. The third-order valence-electron chi connectivity index (χ3n) is 5.45. The van der Waals surface area contributed by atoms with Gasteiger partial charge in [-0.25, -0.2) is 0 Å². The molecule has 144 valence electrons. The van der Waals surface area contributed by atoms with Crippen molar-refractivity contribution in [2.24, 2.45) is 0 Å². The van der Waals surface area contributed by atoms with Gasteiger partial charge in [0.15, 0.2) is 6.10 Å². The van der Waals surface area contributed by atoms with Gasteiger partial charge in [-0.1, -0.05) is 50.2 Å². The standard InChI is InChI=1S/C24H31NO2/c1-16(2)22-11-7-8-12-23(22)27-18(4)24(26)25-17(3)20-14-13-19-9-5-6-10-21(19)15-20/h7-8,11-18H,5-6,9-10H2,1-4H3,(H,25,26)/t17-,18-/m0/s1. The summed E-state index contributed by atoms with van der Waals surface area (Å²) in [6, 6.07) is 14.6. The highest BCUT2D eigenvalue weighted by molar-refractivity contribution is 5.81. The molecule has 0 heterocycles. The van der Waals surface area contributed by atoms with Gasteiger partial charge in [-0.3, -0.25) is 4.79 Å². The number of fused-ring (bicyclic) bond motifs is 1. The topological polar surface area (TPSA) is 38.3 Å². The first-order valence-electron chi connectivity index (χ1n) is 10.1. The van der Waals surface area contributed by atoms with Crippen molar-refractivity contribution in [1.29, 1.82) is 0 Å². The van der Waals surface area contributed by atoms with E-state index in [1.165, 1.54) is 36.0 Å². The van der Waals surface area contributed by atoms with Crippen LogP contribution in [-0.2, 0) is 17.6 Å². The number of hydrogen-bond acceptors (Lipinski definition) is 2. The minimum absolute atomic E-state index is 0.0314. The molecule has 2 aromatic rings. The molecule has 2 aromatic carbocycles. The van der Waals surface area contributed by atoms with Gasteiger partial charge in [-0.15, -0.1) is 0 Å². The number of para-hydroxylation sites is 1. The zero-order valence-electron chi connectivity index (χ0n) is 16.9. The normalized spacial score (nSPS) is 15.7. The van der Waals surface area contributed by atoms with Gasteiger partial charge in [0.25, 0.3) is 5.91 Å². The Morgan fingerprint density at radius 2 is 1.67 bits per heavy atom. The second kappa shape index (κ2) is 8.60. The molecular formula is C24H31NO2. The van der Waals surface area contributed by atoms with E-state index in [0.29, 0.717) is 5.92 Å². The minimum atomic E-state index is -0.537. The molecule has 1 aliphatic rings. The monoisotopic (exact) mass is 365 g/mol. The zero-order chi connectivity index (χ0) is 19.4. The van der Waals surface area contributed by atoms with Gasteiger partial charge < -0.3 is 10.1 Å². The fourth-order valence-electron chi connectivity index (χ4n) is 3.75. The predicted molar refractivity (Wildman–Crippen MR) is 110 cm³/mol. The van der Waals surface area contributed by atoms with Crippen LogP contribution in [-0.4, -0.2) is 12.0 Å². The van der Waals surface area contributed by atoms with Crippen molar-refractivity contribution >= 4 is 5.91 Å². The summed E-state index contributed by atoms with van der Waals surface area (Å²) in [5.74, 6) is 1.06. The third-order valence-corrected chi connectivity index (χ3v) is 5.45. The van der Waals surface area contributed by atoms with E-state index in [4.69, 9.17) is 4.74 Å². The molecule has 27 heavy (non-hydrogen) atoms. The van der Waals surface area contributed by atoms with E-state index in [2.05, 4.69) is 43.4 Å². The number of ether oxygens (including phenoxy) is 1. The van der Waals surface area contributed by atoms with Crippen LogP contribution in [0.1, 0.15) is 74.8 Å². The highest BCUT2D eigenvalue weighted by atomic mass is 16.5. The van der Waals surface area contributed by atoms with E-state index < -0.39 is 6.10 Å². The van der Waals surface area contributed by atoms with Crippen LogP contribution in [0.4, 0.5) is 0 Å². The van der Waals surface area contributed by atoms with E-state index in [-0.39, 0.29) is 11.9 Å². The number of aryl methyl sites for hydroxylation is 2. The Morgan fingerprint density at radius 3 is 2.41 bits per heavy atom. The number of carbonyl (C=O) groups excluding carboxylic acids is 1. The van der Waals surface area contributed by atoms with Crippen LogP contribution in [0.25, 0.3) is 0 Å². The van der Waals surface area contributed by atoms with Crippen molar-refractivity contribution in [3.63, 3.8) is 0 Å². The number of benzene rings is 2. The summed E-state index contributed by atoms with van der Waals surface area (Å²) in [7, 11) is 0. The van der Waals surface area contributed by atoms with Gasteiger partial charge in [0.05, 0.1) is 6.04 Å². The van der Waals surface area contributed by atoms with Gasteiger partial charge in [0.1, 0.15) is 5.75 Å². The van der Waals surface area contributed by atoms with Crippen molar-refractivity contribution in [3.05, 3.63) is 64.7 Å². The average Bonchev–Trinajstić information content (AvgIpc) is 2.67. The molecular weight excluding hydrogens is 334 g/mol. The molecule has 0 spiro atoms. The summed E-state index contributed by atoms with van der Waals surface area (Å²) in [6.07, 6.45) is 4.33. The lowest BCUT2D eigenvalue weighted by atomic mass is 9.89. The first kappa shape index (κ1) is 19.5. The fraction of sp³-hybridized carbons (Fsp3) is 0.458. The Hall–Kier alpha value is -2.29. The number of rotatable bonds is 6. The summed E-state index contributed by atoms with van der Waals surface area (Å²) in [6.45, 7) is 8.11. The van der Waals surface area contributed by atoms with Crippen molar-refractivity contribution in [2.45, 2.75) is 71.4 Å². The number of carbonyl (C=O) groups is 1. The van der Waals surface area contributed by atoms with E-state index >= 15 is 0 Å². The molecule has 0 saturated carbocycles. The van der Waals surface area contributed by atoms with Crippen LogP contribution in [0, 0.1) is 0 Å². The van der Waals surface area contributed by atoms with Crippen molar-refractivity contribution in [3.8, 4) is 5.75 Å². The van der Waals surface area contributed by atoms with E-state index in [1.807, 2.05) is 32.0 Å². The van der Waals surface area contributed by atoms with E-state index in [9.17, 15) is 4.79 Å². The van der Waals surface area contributed by atoms with Gasteiger partial charge in [0.2, 0.25) is 0 Å². The van der Waals surface area contributed by atoms with Crippen molar-refractivity contribution in [2.75, 3.05) is 0 Å². The molecule has 0 aromatic heterocycles. The van der Waals surface area contributed by atoms with Crippen LogP contribution >= 0.6 is 0 Å². The van der Waals surface area contributed by atoms with Crippen LogP contribution in [0.3, 0.4) is 0 Å². The van der Waals surface area contributed by atoms with Crippen molar-refractivity contribution < 1.29 is 9.53 Å². The molecule has 0 radical (unpaired) electrons. The molecule has 0 bridgehead atoms. The highest BCUT2D eigenvalue weighted by Gasteiger charge is 2.20. The number of hydrogen-bond donors (Lipinski definition) is 1. The molecule has 1 N–H and O–H groups in total. The lowest BCUT2D eigenvalue weighted by Gasteiger charge is -2.22. The Balaban J connectivity index is 1.64. The van der Waals surface area contributed by atoms with Gasteiger partial charge >= 0.3 is 0 Å². The molecule has 0 unspecified atom stereocenters. The summed E-state index contributed by atoms with van der Waals surface area (Å²) >= 11 is 0. The highest BCUT2D eigenvalue weighted by Crippen LogP contribution is 2.27. The largest absolute Gasteiger partial charge is 0.481 e. The molecule has 3 rings (SSSR count). The maximum Gasteiger partial charge on any atom is 0.261 e. The van der Waals surface area contributed by atoms with Gasteiger partial charge in [0, 0.05) is 0 Å². The maximum atomic E-state index is 12.7. The fourth-order valence-corrected chi connectivity index (χ4v) is 3.75. The zero-order valence-corrected chi connectivity index (χ0v) is 16.9. The lowest BCUT2D eigenvalue weighted by molar-refractivity contribution is -0.127. The molecule has 3 heteroatoms. The summed E-state index contributed by atoms with van der Waals surface area (Å²) in [5, 5.41) is 3.11. The Morgan fingerprint density at radius 1 is 0.963 bits per heavy atom. The van der Waals surface area contributed by atoms with Gasteiger partial charge in [-0.05, 0) is 73.8 Å². The molecule has 1 aliphatic carbocycles. The lowest BCUT2D eigenvalue weighted by Crippen LogP contribution is -2.38. The summed E-state index contributed by atoms with van der Waals surface area (Å²) in [5.41, 5.74) is 5.19. The molecule has 3 nitrogen and oxygen atoms in total. The van der Waals surface area contributed by atoms with Crippen LogP contribution < -0.4 is 10.1 Å².